The number of aliphatic hydroxyl groups excluding tert-OH is 1. The van der Waals surface area contributed by atoms with Crippen LogP contribution in [-0.4, -0.2) is 40.6 Å². The van der Waals surface area contributed by atoms with E-state index in [9.17, 15) is 4.79 Å². The smallest absolute Gasteiger partial charge is 0.232 e. The van der Waals surface area contributed by atoms with Crippen molar-refractivity contribution >= 4 is 17.7 Å². The van der Waals surface area contributed by atoms with Crippen LogP contribution in [0.5, 0.6) is 0 Å². The largest absolute Gasteiger partial charge is 0.396 e. The van der Waals surface area contributed by atoms with E-state index in [4.69, 9.17) is 5.11 Å². The monoisotopic (exact) mass is 281 g/mol. The summed E-state index contributed by atoms with van der Waals surface area (Å²) in [5.41, 5.74) is 2.40. The Bertz CT molecular complexity index is 409. The van der Waals surface area contributed by atoms with E-state index in [2.05, 4.69) is 19.1 Å². The second-order valence-corrected chi connectivity index (χ2v) is 6.24. The number of aliphatic hydroxyl groups is 1. The Labute approximate surface area is 120 Å². The molecule has 0 fully saturated rings. The third-order valence-corrected chi connectivity index (χ3v) is 4.34. The molecular weight excluding hydrogens is 258 g/mol. The summed E-state index contributed by atoms with van der Waals surface area (Å²) in [6, 6.07) is 8.12. The summed E-state index contributed by atoms with van der Waals surface area (Å²) in [5.74, 6) is 0.613. The predicted molar refractivity (Wildman–Crippen MR) is 81.3 cm³/mol. The summed E-state index contributed by atoms with van der Waals surface area (Å²) >= 11 is 1.60. The zero-order valence-corrected chi connectivity index (χ0v) is 12.7. The molecule has 1 N–H and O–H groups in total. The number of carbonyl (C=O) groups excluding carboxylic acids is 1. The highest BCUT2D eigenvalue weighted by molar-refractivity contribution is 8.00. The first-order valence-electron chi connectivity index (χ1n) is 6.55. The van der Waals surface area contributed by atoms with E-state index in [-0.39, 0.29) is 12.5 Å². The van der Waals surface area contributed by atoms with E-state index >= 15 is 0 Å². The lowest BCUT2D eigenvalue weighted by Crippen LogP contribution is -2.28. The SMILES string of the molecule is Cc1ccccc1CN(C)C(=O)CSC(C)CCO. The summed E-state index contributed by atoms with van der Waals surface area (Å²) in [6.07, 6.45) is 0.736. The number of thioether (sulfide) groups is 1. The predicted octanol–water partition coefficient (Wildman–Crippen LogP) is 2.46. The second kappa shape index (κ2) is 8.23. The van der Waals surface area contributed by atoms with Crippen LogP contribution in [0.25, 0.3) is 0 Å². The number of aryl methyl sites for hydroxylation is 1. The van der Waals surface area contributed by atoms with Gasteiger partial charge in [-0.05, 0) is 24.5 Å². The lowest BCUT2D eigenvalue weighted by molar-refractivity contribution is -0.127. The topological polar surface area (TPSA) is 40.5 Å². The highest BCUT2D eigenvalue weighted by Gasteiger charge is 2.12. The van der Waals surface area contributed by atoms with Gasteiger partial charge in [-0.1, -0.05) is 31.2 Å². The maximum absolute atomic E-state index is 12.0. The molecule has 106 valence electrons. The van der Waals surface area contributed by atoms with E-state index in [1.54, 1.807) is 16.7 Å². The van der Waals surface area contributed by atoms with Crippen molar-refractivity contribution in [2.75, 3.05) is 19.4 Å². The molecule has 0 aromatic heterocycles. The van der Waals surface area contributed by atoms with Crippen molar-refractivity contribution in [3.05, 3.63) is 35.4 Å². The molecule has 0 aliphatic rings. The van der Waals surface area contributed by atoms with Gasteiger partial charge >= 0.3 is 0 Å². The number of amides is 1. The molecule has 0 spiro atoms. The van der Waals surface area contributed by atoms with Gasteiger partial charge in [0, 0.05) is 25.4 Å². The zero-order valence-electron chi connectivity index (χ0n) is 11.9. The molecular formula is C15H23NO2S. The average Bonchev–Trinajstić information content (AvgIpc) is 2.39. The second-order valence-electron chi connectivity index (χ2n) is 4.81. The van der Waals surface area contributed by atoms with Gasteiger partial charge in [0.1, 0.15) is 0 Å². The van der Waals surface area contributed by atoms with Gasteiger partial charge in [-0.25, -0.2) is 0 Å². The maximum atomic E-state index is 12.0. The van der Waals surface area contributed by atoms with Crippen molar-refractivity contribution in [1.82, 2.24) is 4.90 Å². The van der Waals surface area contributed by atoms with Crippen molar-refractivity contribution < 1.29 is 9.90 Å². The van der Waals surface area contributed by atoms with Gasteiger partial charge in [-0.3, -0.25) is 4.79 Å². The molecule has 0 bridgehead atoms. The van der Waals surface area contributed by atoms with Crippen molar-refractivity contribution in [2.45, 2.75) is 32.1 Å². The molecule has 1 atom stereocenters. The van der Waals surface area contributed by atoms with Crippen LogP contribution in [0.4, 0.5) is 0 Å². The fraction of sp³-hybridized carbons (Fsp3) is 0.533. The summed E-state index contributed by atoms with van der Waals surface area (Å²) in [6.45, 7) is 4.93. The van der Waals surface area contributed by atoms with Crippen LogP contribution in [0.1, 0.15) is 24.5 Å². The summed E-state index contributed by atoms with van der Waals surface area (Å²) in [4.78, 5) is 13.8. The number of rotatable bonds is 7. The van der Waals surface area contributed by atoms with Crippen molar-refractivity contribution in [2.24, 2.45) is 0 Å². The van der Waals surface area contributed by atoms with Crippen LogP contribution in [-0.2, 0) is 11.3 Å². The fourth-order valence-corrected chi connectivity index (χ4v) is 2.64. The fourth-order valence-electron chi connectivity index (χ4n) is 1.72. The molecule has 1 aromatic carbocycles. The van der Waals surface area contributed by atoms with Gasteiger partial charge in [0.25, 0.3) is 0 Å². The van der Waals surface area contributed by atoms with Crippen LogP contribution in [0, 0.1) is 6.92 Å². The molecule has 0 saturated carbocycles. The van der Waals surface area contributed by atoms with Crippen LogP contribution in [0.3, 0.4) is 0 Å². The molecule has 0 aliphatic heterocycles. The van der Waals surface area contributed by atoms with Crippen LogP contribution in [0.15, 0.2) is 24.3 Å². The Morgan fingerprint density at radius 1 is 1.42 bits per heavy atom. The lowest BCUT2D eigenvalue weighted by Gasteiger charge is -2.19. The first kappa shape index (κ1) is 16.1. The van der Waals surface area contributed by atoms with Crippen molar-refractivity contribution in [3.63, 3.8) is 0 Å². The molecule has 1 unspecified atom stereocenters. The molecule has 0 saturated heterocycles. The van der Waals surface area contributed by atoms with E-state index < -0.39 is 0 Å². The minimum absolute atomic E-state index is 0.137. The Kier molecular flexibility index (Phi) is 6.95. The Hall–Kier alpha value is -1.000. The minimum Gasteiger partial charge on any atom is -0.396 e. The van der Waals surface area contributed by atoms with Crippen LogP contribution >= 0.6 is 11.8 Å². The molecule has 19 heavy (non-hydrogen) atoms. The highest BCUT2D eigenvalue weighted by Crippen LogP contribution is 2.15. The molecule has 1 amide bonds. The van der Waals surface area contributed by atoms with E-state index in [0.717, 1.165) is 6.42 Å². The molecule has 1 aromatic rings. The first-order valence-corrected chi connectivity index (χ1v) is 7.60. The van der Waals surface area contributed by atoms with Gasteiger partial charge in [0.2, 0.25) is 5.91 Å². The summed E-state index contributed by atoms with van der Waals surface area (Å²) in [5, 5.41) is 9.15. The maximum Gasteiger partial charge on any atom is 0.232 e. The zero-order chi connectivity index (χ0) is 14.3. The molecule has 0 heterocycles. The normalized spacial score (nSPS) is 12.2. The van der Waals surface area contributed by atoms with Gasteiger partial charge in [0.05, 0.1) is 5.75 Å². The van der Waals surface area contributed by atoms with Gasteiger partial charge in [-0.2, -0.15) is 0 Å². The van der Waals surface area contributed by atoms with Gasteiger partial charge < -0.3 is 10.0 Å². The number of hydrogen-bond donors (Lipinski definition) is 1. The lowest BCUT2D eigenvalue weighted by atomic mass is 10.1. The van der Waals surface area contributed by atoms with Gasteiger partial charge in [0.15, 0.2) is 0 Å². The van der Waals surface area contributed by atoms with Crippen LogP contribution < -0.4 is 0 Å². The number of nitrogens with zero attached hydrogens (tertiary/aromatic N) is 1. The van der Waals surface area contributed by atoms with E-state index in [1.807, 2.05) is 26.1 Å². The Morgan fingerprint density at radius 2 is 2.11 bits per heavy atom. The van der Waals surface area contributed by atoms with Crippen molar-refractivity contribution in [1.29, 1.82) is 0 Å². The standard InChI is InChI=1S/C15H23NO2S/c1-12-6-4-5-7-14(12)10-16(3)15(18)11-19-13(2)8-9-17/h4-7,13,17H,8-11H2,1-3H3. The minimum atomic E-state index is 0.137. The highest BCUT2D eigenvalue weighted by atomic mass is 32.2. The van der Waals surface area contributed by atoms with E-state index in [0.29, 0.717) is 17.5 Å². The summed E-state index contributed by atoms with van der Waals surface area (Å²) in [7, 11) is 1.84. The molecule has 0 radical (unpaired) electrons. The molecule has 3 nitrogen and oxygen atoms in total. The van der Waals surface area contributed by atoms with E-state index in [1.165, 1.54) is 11.1 Å². The quantitative estimate of drug-likeness (QED) is 0.834. The Balaban J connectivity index is 2.43. The first-order chi connectivity index (χ1) is 9.04. The van der Waals surface area contributed by atoms with Gasteiger partial charge in [-0.15, -0.1) is 11.8 Å². The number of carbonyl (C=O) groups is 1. The number of hydrogen-bond acceptors (Lipinski definition) is 3. The van der Waals surface area contributed by atoms with Crippen molar-refractivity contribution in [3.8, 4) is 0 Å². The Morgan fingerprint density at radius 3 is 2.74 bits per heavy atom. The number of benzene rings is 1. The third kappa shape index (κ3) is 5.66. The molecule has 4 heteroatoms. The molecule has 0 aliphatic carbocycles. The average molecular weight is 281 g/mol. The summed E-state index contributed by atoms with van der Waals surface area (Å²) < 4.78 is 0. The van der Waals surface area contributed by atoms with Crippen LogP contribution in [0.2, 0.25) is 0 Å². The third-order valence-electron chi connectivity index (χ3n) is 3.12. The molecule has 1 rings (SSSR count).